The van der Waals surface area contributed by atoms with Crippen LogP contribution in [-0.2, 0) is 14.4 Å². The fraction of sp³-hybridized carbons (Fsp3) is 0.280. The van der Waals surface area contributed by atoms with Crippen LogP contribution in [-0.4, -0.2) is 34.2 Å². The lowest BCUT2D eigenvalue weighted by Crippen LogP contribution is -2.42. The van der Waals surface area contributed by atoms with Crippen molar-refractivity contribution in [1.29, 1.82) is 0 Å². The Morgan fingerprint density at radius 1 is 1.00 bits per heavy atom. The van der Waals surface area contributed by atoms with E-state index in [2.05, 4.69) is 0 Å². The van der Waals surface area contributed by atoms with Gasteiger partial charge in [-0.1, -0.05) is 53.8 Å². The number of carbonyl (C=O) groups is 3. The normalized spacial score (nSPS) is 20.1. The van der Waals surface area contributed by atoms with Gasteiger partial charge in [0.1, 0.15) is 6.54 Å². The Bertz CT molecular complexity index is 1200. The van der Waals surface area contributed by atoms with Gasteiger partial charge in [0.25, 0.3) is 5.91 Å². The van der Waals surface area contributed by atoms with Crippen LogP contribution in [0.25, 0.3) is 10.2 Å². The van der Waals surface area contributed by atoms with E-state index in [1.165, 1.54) is 11.3 Å². The minimum absolute atomic E-state index is 0.247. The van der Waals surface area contributed by atoms with Crippen molar-refractivity contribution in [3.8, 4) is 0 Å². The molecule has 7 heteroatoms. The molecule has 0 radical (unpaired) electrons. The zero-order chi connectivity index (χ0) is 22.4. The van der Waals surface area contributed by atoms with Crippen LogP contribution >= 0.6 is 11.3 Å². The van der Waals surface area contributed by atoms with Crippen molar-refractivity contribution >= 4 is 50.1 Å². The number of aromatic nitrogens is 1. The van der Waals surface area contributed by atoms with Crippen LogP contribution in [0.3, 0.4) is 0 Å². The zero-order valence-corrected chi connectivity index (χ0v) is 18.8. The van der Waals surface area contributed by atoms with Gasteiger partial charge in [0, 0.05) is 0 Å². The summed E-state index contributed by atoms with van der Waals surface area (Å²) in [6.45, 7) is 3.61. The van der Waals surface area contributed by atoms with E-state index >= 15 is 0 Å². The number of thiazole rings is 1. The summed E-state index contributed by atoms with van der Waals surface area (Å²) in [4.78, 5) is 47.0. The molecule has 0 spiro atoms. The second kappa shape index (κ2) is 7.98. The van der Waals surface area contributed by atoms with Crippen molar-refractivity contribution in [2.24, 2.45) is 11.8 Å². The summed E-state index contributed by atoms with van der Waals surface area (Å²) in [6, 6.07) is 13.6. The fourth-order valence-electron chi connectivity index (χ4n) is 4.67. The molecule has 3 amide bonds. The molecule has 2 heterocycles. The number of anilines is 2. The summed E-state index contributed by atoms with van der Waals surface area (Å²) in [5.41, 5.74) is 3.40. The first-order valence-corrected chi connectivity index (χ1v) is 11.5. The molecule has 2 atom stereocenters. The fourth-order valence-corrected chi connectivity index (χ4v) is 5.66. The molecule has 0 N–H and O–H groups in total. The molecule has 6 nitrogen and oxygen atoms in total. The maximum atomic E-state index is 13.7. The molecule has 162 valence electrons. The Kier molecular flexibility index (Phi) is 5.13. The predicted molar refractivity (Wildman–Crippen MR) is 125 cm³/mol. The average Bonchev–Trinajstić information content (AvgIpc) is 3.31. The number of imide groups is 1. The number of hydrogen-bond acceptors (Lipinski definition) is 5. The van der Waals surface area contributed by atoms with E-state index in [4.69, 9.17) is 4.98 Å². The van der Waals surface area contributed by atoms with E-state index in [9.17, 15) is 14.4 Å². The number of nitrogens with zero attached hydrogens (tertiary/aromatic N) is 3. The summed E-state index contributed by atoms with van der Waals surface area (Å²) in [5, 5.41) is 0.534. The lowest BCUT2D eigenvalue weighted by atomic mass is 9.85. The van der Waals surface area contributed by atoms with E-state index in [0.29, 0.717) is 18.0 Å². The maximum absolute atomic E-state index is 13.7. The van der Waals surface area contributed by atoms with Crippen LogP contribution in [0, 0.1) is 25.7 Å². The predicted octanol–water partition coefficient (Wildman–Crippen LogP) is 4.53. The van der Waals surface area contributed by atoms with Crippen LogP contribution in [0.1, 0.15) is 24.0 Å². The van der Waals surface area contributed by atoms with Crippen molar-refractivity contribution in [2.45, 2.75) is 26.7 Å². The van der Waals surface area contributed by atoms with Gasteiger partial charge in [0.2, 0.25) is 11.8 Å². The summed E-state index contributed by atoms with van der Waals surface area (Å²) in [6.07, 6.45) is 5.00. The summed E-state index contributed by atoms with van der Waals surface area (Å²) >= 11 is 1.42. The summed E-state index contributed by atoms with van der Waals surface area (Å²) in [5.74, 6) is -1.53. The zero-order valence-electron chi connectivity index (χ0n) is 17.9. The van der Waals surface area contributed by atoms with Gasteiger partial charge in [-0.3, -0.25) is 24.2 Å². The topological polar surface area (TPSA) is 70.6 Å². The number of para-hydroxylation sites is 2. The van der Waals surface area contributed by atoms with E-state index in [1.807, 2.05) is 68.5 Å². The largest absolute Gasteiger partial charge is 0.274 e. The molecule has 2 aromatic carbocycles. The van der Waals surface area contributed by atoms with E-state index in [-0.39, 0.29) is 36.1 Å². The van der Waals surface area contributed by atoms with Crippen molar-refractivity contribution in [1.82, 2.24) is 9.88 Å². The second-order valence-corrected chi connectivity index (χ2v) is 9.36. The van der Waals surface area contributed by atoms with Crippen LogP contribution in [0.4, 0.5) is 10.8 Å². The molecule has 1 aliphatic heterocycles. The van der Waals surface area contributed by atoms with E-state index in [1.54, 1.807) is 4.90 Å². The molecule has 1 fully saturated rings. The van der Waals surface area contributed by atoms with Crippen molar-refractivity contribution in [2.75, 3.05) is 11.4 Å². The van der Waals surface area contributed by atoms with Gasteiger partial charge >= 0.3 is 0 Å². The average molecular weight is 446 g/mol. The molecule has 1 aliphatic carbocycles. The second-order valence-electron chi connectivity index (χ2n) is 8.35. The smallest absolute Gasteiger partial charge is 0.253 e. The molecule has 3 aromatic rings. The van der Waals surface area contributed by atoms with Crippen LogP contribution in [0.15, 0.2) is 54.6 Å². The van der Waals surface area contributed by atoms with Crippen LogP contribution < -0.4 is 4.90 Å². The molecule has 0 saturated carbocycles. The Morgan fingerprint density at radius 3 is 2.25 bits per heavy atom. The minimum atomic E-state index is -0.351. The highest BCUT2D eigenvalue weighted by Gasteiger charge is 2.48. The van der Waals surface area contributed by atoms with Gasteiger partial charge in [-0.05, 0) is 49.9 Å². The molecule has 1 aromatic heterocycles. The Balaban J connectivity index is 1.54. The number of hydrogen-bond donors (Lipinski definition) is 0. The highest BCUT2D eigenvalue weighted by Crippen LogP contribution is 2.38. The third kappa shape index (κ3) is 3.33. The third-order valence-corrected chi connectivity index (χ3v) is 7.30. The first-order chi connectivity index (χ1) is 15.5. The highest BCUT2D eigenvalue weighted by molar-refractivity contribution is 7.22. The van der Waals surface area contributed by atoms with Crippen molar-refractivity contribution in [3.63, 3.8) is 0 Å². The number of carbonyl (C=O) groups excluding carboxylic acids is 3. The molecule has 2 aliphatic rings. The van der Waals surface area contributed by atoms with E-state index in [0.717, 1.165) is 31.9 Å². The number of allylic oxidation sites excluding steroid dienone is 2. The monoisotopic (exact) mass is 445 g/mol. The third-order valence-electron chi connectivity index (χ3n) is 6.28. The molecule has 0 bridgehead atoms. The number of likely N-dealkylation sites (tertiary alicyclic amines) is 1. The lowest BCUT2D eigenvalue weighted by molar-refractivity contribution is -0.143. The summed E-state index contributed by atoms with van der Waals surface area (Å²) < 4.78 is 0.969. The minimum Gasteiger partial charge on any atom is -0.274 e. The molecular weight excluding hydrogens is 422 g/mol. The van der Waals surface area contributed by atoms with Gasteiger partial charge in [-0.2, -0.15) is 0 Å². The molecule has 1 saturated heterocycles. The van der Waals surface area contributed by atoms with Gasteiger partial charge in [0.15, 0.2) is 5.13 Å². The van der Waals surface area contributed by atoms with Gasteiger partial charge in [-0.25, -0.2) is 4.98 Å². The molecule has 5 rings (SSSR count). The van der Waals surface area contributed by atoms with Crippen LogP contribution in [0.5, 0.6) is 0 Å². The Labute approximate surface area is 190 Å². The van der Waals surface area contributed by atoms with Gasteiger partial charge < -0.3 is 0 Å². The Morgan fingerprint density at radius 2 is 1.62 bits per heavy atom. The quantitative estimate of drug-likeness (QED) is 0.437. The van der Waals surface area contributed by atoms with Crippen LogP contribution in [0.2, 0.25) is 0 Å². The van der Waals surface area contributed by atoms with Crippen molar-refractivity contribution in [3.05, 3.63) is 65.7 Å². The number of benzene rings is 2. The maximum Gasteiger partial charge on any atom is 0.253 e. The summed E-state index contributed by atoms with van der Waals surface area (Å²) in [7, 11) is 0. The number of rotatable bonds is 4. The number of fused-ring (bicyclic) bond motifs is 2. The lowest BCUT2D eigenvalue weighted by Gasteiger charge is -2.26. The molecule has 0 unspecified atom stereocenters. The Hall–Kier alpha value is -3.32. The van der Waals surface area contributed by atoms with Gasteiger partial charge in [-0.15, -0.1) is 0 Å². The van der Waals surface area contributed by atoms with Crippen molar-refractivity contribution < 1.29 is 14.4 Å². The number of amides is 3. The van der Waals surface area contributed by atoms with Gasteiger partial charge in [0.05, 0.1) is 27.7 Å². The first-order valence-electron chi connectivity index (χ1n) is 10.7. The number of aryl methyl sites for hydroxylation is 2. The van der Waals surface area contributed by atoms with E-state index < -0.39 is 0 Å². The first kappa shape index (κ1) is 20.6. The molecular formula is C25H23N3O3S. The highest BCUT2D eigenvalue weighted by atomic mass is 32.1. The SMILES string of the molecule is Cc1cccc(C)c1N(C(=O)CN1C(=O)[C@H]2CC=CC[C@H]2C1=O)c1nc2ccccc2s1. The standard InChI is InChI=1S/C25H23N3O3S/c1-15-8-7-9-16(2)22(15)28(25-26-19-12-5-6-13-20(19)32-25)21(29)14-27-23(30)17-10-3-4-11-18(17)24(27)31/h3-9,12-13,17-18H,10-11,14H2,1-2H3/t17-,18+. The molecule has 32 heavy (non-hydrogen) atoms.